The molecular formula is C12H22O4. The van der Waals surface area contributed by atoms with Crippen molar-refractivity contribution < 1.29 is 19.8 Å². The molecule has 0 saturated carbocycles. The summed E-state index contributed by atoms with van der Waals surface area (Å²) in [6.07, 6.45) is 6.75. The molecule has 0 saturated heterocycles. The lowest BCUT2D eigenvalue weighted by Crippen LogP contribution is -2.17. The predicted molar refractivity (Wildman–Crippen MR) is 61.4 cm³/mol. The van der Waals surface area contributed by atoms with Crippen LogP contribution in [-0.2, 0) is 9.59 Å². The molecule has 0 aliphatic carbocycles. The maximum Gasteiger partial charge on any atom is 0.307 e. The molecule has 0 rings (SSSR count). The number of carbonyl (C=O) groups is 2. The average Bonchev–Trinajstić information content (AvgIpc) is 2.20. The van der Waals surface area contributed by atoms with Gasteiger partial charge in [0.25, 0.3) is 0 Å². The first-order valence-corrected chi connectivity index (χ1v) is 6.02. The second-order valence-electron chi connectivity index (χ2n) is 4.19. The lowest BCUT2D eigenvalue weighted by molar-refractivity contribution is -0.148. The number of unbranched alkanes of at least 4 members (excludes halogenated alkanes) is 5. The zero-order chi connectivity index (χ0) is 12.4. The van der Waals surface area contributed by atoms with Crippen LogP contribution >= 0.6 is 0 Å². The summed E-state index contributed by atoms with van der Waals surface area (Å²) in [5.41, 5.74) is 0. The molecule has 4 nitrogen and oxygen atoms in total. The fourth-order valence-electron chi connectivity index (χ4n) is 1.69. The van der Waals surface area contributed by atoms with Gasteiger partial charge in [-0.3, -0.25) is 9.59 Å². The first-order chi connectivity index (χ1) is 7.57. The number of carboxylic acids is 2. The van der Waals surface area contributed by atoms with Gasteiger partial charge in [-0.25, -0.2) is 0 Å². The van der Waals surface area contributed by atoms with Crippen LogP contribution in [0.15, 0.2) is 0 Å². The van der Waals surface area contributed by atoms with Crippen LogP contribution < -0.4 is 0 Å². The van der Waals surface area contributed by atoms with Gasteiger partial charge in [0.1, 0.15) is 0 Å². The molecule has 0 bridgehead atoms. The van der Waals surface area contributed by atoms with E-state index in [2.05, 4.69) is 6.92 Å². The molecule has 0 aliphatic rings. The zero-order valence-electron chi connectivity index (χ0n) is 9.95. The summed E-state index contributed by atoms with van der Waals surface area (Å²) in [6, 6.07) is 0. The van der Waals surface area contributed by atoms with Gasteiger partial charge in [0.15, 0.2) is 0 Å². The lowest BCUT2D eigenvalue weighted by Gasteiger charge is -2.09. The second kappa shape index (κ2) is 9.19. The Morgan fingerprint density at radius 3 is 2.06 bits per heavy atom. The van der Waals surface area contributed by atoms with E-state index in [0.29, 0.717) is 6.42 Å². The van der Waals surface area contributed by atoms with Gasteiger partial charge < -0.3 is 10.2 Å². The molecule has 2 N–H and O–H groups in total. The lowest BCUT2D eigenvalue weighted by atomic mass is 9.97. The summed E-state index contributed by atoms with van der Waals surface area (Å²) in [7, 11) is 0. The van der Waals surface area contributed by atoms with Gasteiger partial charge >= 0.3 is 11.9 Å². The molecule has 1 atom stereocenters. The van der Waals surface area contributed by atoms with Crippen molar-refractivity contribution in [2.45, 2.75) is 58.3 Å². The molecule has 0 aromatic rings. The minimum atomic E-state index is -1.03. The number of rotatable bonds is 10. The van der Waals surface area contributed by atoms with Crippen molar-refractivity contribution in [1.82, 2.24) is 0 Å². The Kier molecular flexibility index (Phi) is 8.58. The Labute approximate surface area is 96.7 Å². The van der Waals surface area contributed by atoms with E-state index in [4.69, 9.17) is 10.2 Å². The summed E-state index contributed by atoms with van der Waals surface area (Å²) in [5.74, 6) is -2.74. The summed E-state index contributed by atoms with van der Waals surface area (Å²) >= 11 is 0. The van der Waals surface area contributed by atoms with Crippen LogP contribution in [0.25, 0.3) is 0 Å². The molecule has 0 spiro atoms. The van der Waals surface area contributed by atoms with Crippen molar-refractivity contribution in [1.29, 1.82) is 0 Å². The number of hydrogen-bond donors (Lipinski definition) is 2. The van der Waals surface area contributed by atoms with Gasteiger partial charge in [0.2, 0.25) is 0 Å². The summed E-state index contributed by atoms with van der Waals surface area (Å²) in [4.78, 5) is 21.2. The van der Waals surface area contributed by atoms with E-state index in [1.165, 1.54) is 19.3 Å². The van der Waals surface area contributed by atoms with Crippen LogP contribution in [-0.4, -0.2) is 22.2 Å². The third-order valence-corrected chi connectivity index (χ3v) is 2.68. The quantitative estimate of drug-likeness (QED) is 0.566. The highest BCUT2D eigenvalue weighted by molar-refractivity contribution is 5.77. The third kappa shape index (κ3) is 8.26. The van der Waals surface area contributed by atoms with Crippen molar-refractivity contribution in [3.8, 4) is 0 Å². The van der Waals surface area contributed by atoms with E-state index in [1.54, 1.807) is 0 Å². The molecule has 0 radical (unpaired) electrons. The van der Waals surface area contributed by atoms with Gasteiger partial charge in [-0.2, -0.15) is 0 Å². The van der Waals surface area contributed by atoms with Crippen LogP contribution in [0, 0.1) is 5.92 Å². The van der Waals surface area contributed by atoms with Crippen molar-refractivity contribution in [3.05, 3.63) is 0 Å². The van der Waals surface area contributed by atoms with Crippen molar-refractivity contribution in [2.75, 3.05) is 0 Å². The number of carboxylic acid groups (broad SMARTS) is 2. The van der Waals surface area contributed by atoms with E-state index in [1.807, 2.05) is 0 Å². The molecule has 1 unspecified atom stereocenters. The van der Waals surface area contributed by atoms with E-state index in [9.17, 15) is 9.59 Å². The van der Waals surface area contributed by atoms with Crippen LogP contribution in [0.3, 0.4) is 0 Å². The minimum absolute atomic E-state index is 0.260. The molecule has 0 heterocycles. The van der Waals surface area contributed by atoms with E-state index in [-0.39, 0.29) is 6.42 Å². The maximum atomic E-state index is 10.7. The Balaban J connectivity index is 3.60. The fraction of sp³-hybridized carbons (Fsp3) is 0.833. The predicted octanol–water partition coefficient (Wildman–Crippen LogP) is 2.91. The number of aliphatic carboxylic acids is 2. The number of hydrogen-bond acceptors (Lipinski definition) is 2. The van der Waals surface area contributed by atoms with Crippen molar-refractivity contribution in [3.63, 3.8) is 0 Å². The van der Waals surface area contributed by atoms with Gasteiger partial charge in [-0.05, 0) is 6.42 Å². The minimum Gasteiger partial charge on any atom is -0.481 e. The Morgan fingerprint density at radius 1 is 1.00 bits per heavy atom. The molecule has 0 aliphatic heterocycles. The second-order valence-corrected chi connectivity index (χ2v) is 4.19. The first kappa shape index (κ1) is 14.9. The van der Waals surface area contributed by atoms with Crippen LogP contribution in [0.5, 0.6) is 0 Å². The average molecular weight is 230 g/mol. The SMILES string of the molecule is CCCCCCCCC(CC(=O)O)C(=O)O. The monoisotopic (exact) mass is 230 g/mol. The van der Waals surface area contributed by atoms with Gasteiger partial charge in [0.05, 0.1) is 12.3 Å². The molecular weight excluding hydrogens is 208 g/mol. The third-order valence-electron chi connectivity index (χ3n) is 2.68. The van der Waals surface area contributed by atoms with Crippen LogP contribution in [0.1, 0.15) is 58.3 Å². The summed E-state index contributed by atoms with van der Waals surface area (Å²) in [6.45, 7) is 2.15. The van der Waals surface area contributed by atoms with Crippen LogP contribution in [0.4, 0.5) is 0 Å². The largest absolute Gasteiger partial charge is 0.481 e. The van der Waals surface area contributed by atoms with Gasteiger partial charge in [-0.15, -0.1) is 0 Å². The Bertz CT molecular complexity index is 213. The molecule has 0 amide bonds. The van der Waals surface area contributed by atoms with E-state index < -0.39 is 17.9 Å². The highest BCUT2D eigenvalue weighted by atomic mass is 16.4. The van der Waals surface area contributed by atoms with Gasteiger partial charge in [-0.1, -0.05) is 45.4 Å². The maximum absolute atomic E-state index is 10.7. The normalized spacial score (nSPS) is 12.3. The molecule has 0 aromatic heterocycles. The molecule has 0 aromatic carbocycles. The zero-order valence-corrected chi connectivity index (χ0v) is 9.95. The molecule has 0 fully saturated rings. The van der Waals surface area contributed by atoms with Crippen LogP contribution in [0.2, 0.25) is 0 Å². The highest BCUT2D eigenvalue weighted by Gasteiger charge is 2.19. The van der Waals surface area contributed by atoms with Crippen molar-refractivity contribution >= 4 is 11.9 Å². The molecule has 4 heteroatoms. The Morgan fingerprint density at radius 2 is 1.56 bits per heavy atom. The Hall–Kier alpha value is -1.06. The molecule has 94 valence electrons. The fourth-order valence-corrected chi connectivity index (χ4v) is 1.69. The summed E-state index contributed by atoms with van der Waals surface area (Å²) < 4.78 is 0. The molecule has 16 heavy (non-hydrogen) atoms. The van der Waals surface area contributed by atoms with E-state index >= 15 is 0 Å². The van der Waals surface area contributed by atoms with Crippen molar-refractivity contribution in [2.24, 2.45) is 5.92 Å². The summed E-state index contributed by atoms with van der Waals surface area (Å²) in [5, 5.41) is 17.3. The van der Waals surface area contributed by atoms with Gasteiger partial charge in [0, 0.05) is 0 Å². The smallest absolute Gasteiger partial charge is 0.307 e. The topological polar surface area (TPSA) is 74.6 Å². The standard InChI is InChI=1S/C12H22O4/c1-2-3-4-5-6-7-8-10(12(15)16)9-11(13)14/h10H,2-9H2,1H3,(H,13,14)(H,15,16). The highest BCUT2D eigenvalue weighted by Crippen LogP contribution is 2.15. The van der Waals surface area contributed by atoms with E-state index in [0.717, 1.165) is 19.3 Å². The first-order valence-electron chi connectivity index (χ1n) is 6.02.